The molecule has 1 nitrogen and oxygen atoms in total. The summed E-state index contributed by atoms with van der Waals surface area (Å²) in [7, 11) is 4.14. The van der Waals surface area contributed by atoms with Crippen LogP contribution in [0, 0.1) is 0 Å². The Labute approximate surface area is 88.3 Å². The van der Waals surface area contributed by atoms with Crippen molar-refractivity contribution in [3.8, 4) is 0 Å². The van der Waals surface area contributed by atoms with Crippen molar-refractivity contribution in [3.05, 3.63) is 34.3 Å². The van der Waals surface area contributed by atoms with Crippen molar-refractivity contribution in [2.75, 3.05) is 14.1 Å². The zero-order valence-corrected chi connectivity index (χ0v) is 9.65. The van der Waals surface area contributed by atoms with Crippen LogP contribution in [0.25, 0.3) is 0 Å². The lowest BCUT2D eigenvalue weighted by Crippen LogP contribution is -2.10. The topological polar surface area (TPSA) is 3.24 Å². The van der Waals surface area contributed by atoms with Crippen molar-refractivity contribution in [2.24, 2.45) is 0 Å². The Morgan fingerprint density at radius 3 is 2.08 bits per heavy atom. The van der Waals surface area contributed by atoms with Crippen LogP contribution in [-0.2, 0) is 6.54 Å². The smallest absolute Gasteiger partial charge is 0.0227 e. The summed E-state index contributed by atoms with van der Waals surface area (Å²) in [6.45, 7) is 1.01. The largest absolute Gasteiger partial charge is 0.305 e. The highest BCUT2D eigenvalue weighted by molar-refractivity contribution is 9.10. The first-order chi connectivity index (χ1) is 5.18. The molecule has 0 aliphatic rings. The van der Waals surface area contributed by atoms with E-state index in [1.165, 1.54) is 5.56 Å². The third kappa shape index (κ3) is 4.10. The number of hydrogen-bond acceptors (Lipinski definition) is 1. The van der Waals surface area contributed by atoms with Crippen LogP contribution in [0.2, 0.25) is 0 Å². The van der Waals surface area contributed by atoms with Gasteiger partial charge in [-0.05, 0) is 31.8 Å². The van der Waals surface area contributed by atoms with E-state index in [1.807, 2.05) is 0 Å². The van der Waals surface area contributed by atoms with E-state index in [-0.39, 0.29) is 12.4 Å². The maximum Gasteiger partial charge on any atom is 0.0227 e. The van der Waals surface area contributed by atoms with E-state index >= 15 is 0 Å². The summed E-state index contributed by atoms with van der Waals surface area (Å²) < 4.78 is 1.14. The van der Waals surface area contributed by atoms with Crippen LogP contribution < -0.4 is 0 Å². The van der Waals surface area contributed by atoms with Gasteiger partial charge in [0.15, 0.2) is 0 Å². The predicted octanol–water partition coefficient (Wildman–Crippen LogP) is 2.93. The highest BCUT2D eigenvalue weighted by atomic mass is 79.9. The second-order valence-electron chi connectivity index (χ2n) is 2.86. The lowest BCUT2D eigenvalue weighted by Gasteiger charge is -2.08. The Morgan fingerprint density at radius 1 is 1.17 bits per heavy atom. The molecule has 0 fully saturated rings. The molecule has 0 aromatic heterocycles. The average Bonchev–Trinajstić information content (AvgIpc) is 1.93. The standard InChI is InChI=1S/C9H12BrN.ClH/c1-11(2)7-8-3-5-9(10)6-4-8;/h3-6H,7H2,1-2H3;1H. The van der Waals surface area contributed by atoms with Gasteiger partial charge < -0.3 is 4.90 Å². The molecule has 0 spiro atoms. The second-order valence-corrected chi connectivity index (χ2v) is 3.78. The molecule has 1 aromatic rings. The normalized spacial score (nSPS) is 9.67. The Hall–Kier alpha value is -0.0500. The van der Waals surface area contributed by atoms with Gasteiger partial charge >= 0.3 is 0 Å². The molecule has 0 unspecified atom stereocenters. The van der Waals surface area contributed by atoms with Gasteiger partial charge in [-0.15, -0.1) is 12.4 Å². The zero-order chi connectivity index (χ0) is 8.27. The first kappa shape index (κ1) is 11.9. The van der Waals surface area contributed by atoms with Crippen LogP contribution in [0.4, 0.5) is 0 Å². The number of hydrogen-bond donors (Lipinski definition) is 0. The van der Waals surface area contributed by atoms with Crippen molar-refractivity contribution in [1.29, 1.82) is 0 Å². The van der Waals surface area contributed by atoms with Crippen LogP contribution in [0.5, 0.6) is 0 Å². The fourth-order valence-corrected chi connectivity index (χ4v) is 1.22. The molecular weight excluding hydrogens is 237 g/mol. The zero-order valence-electron chi connectivity index (χ0n) is 7.25. The lowest BCUT2D eigenvalue weighted by molar-refractivity contribution is 0.402. The molecule has 0 N–H and O–H groups in total. The van der Waals surface area contributed by atoms with Crippen LogP contribution in [0.3, 0.4) is 0 Å². The van der Waals surface area contributed by atoms with Gasteiger partial charge in [0.25, 0.3) is 0 Å². The van der Waals surface area contributed by atoms with Gasteiger partial charge in [0.1, 0.15) is 0 Å². The summed E-state index contributed by atoms with van der Waals surface area (Å²) in [5, 5.41) is 0. The fraction of sp³-hybridized carbons (Fsp3) is 0.333. The van der Waals surface area contributed by atoms with E-state index in [0.29, 0.717) is 0 Å². The van der Waals surface area contributed by atoms with Crippen molar-refractivity contribution in [1.82, 2.24) is 4.90 Å². The number of nitrogens with zero attached hydrogens (tertiary/aromatic N) is 1. The summed E-state index contributed by atoms with van der Waals surface area (Å²) in [6, 6.07) is 8.39. The summed E-state index contributed by atoms with van der Waals surface area (Å²) in [5.74, 6) is 0. The molecule has 3 heteroatoms. The minimum absolute atomic E-state index is 0. The van der Waals surface area contributed by atoms with Crippen molar-refractivity contribution < 1.29 is 0 Å². The molecule has 12 heavy (non-hydrogen) atoms. The van der Waals surface area contributed by atoms with Crippen LogP contribution in [0.15, 0.2) is 28.7 Å². The molecule has 0 aliphatic heterocycles. The third-order valence-electron chi connectivity index (χ3n) is 1.41. The van der Waals surface area contributed by atoms with Crippen molar-refractivity contribution >= 4 is 28.3 Å². The summed E-state index contributed by atoms with van der Waals surface area (Å²) in [5.41, 5.74) is 1.35. The van der Waals surface area contributed by atoms with E-state index in [1.54, 1.807) is 0 Å². The molecule has 1 rings (SSSR count). The summed E-state index contributed by atoms with van der Waals surface area (Å²) in [6.07, 6.45) is 0. The van der Waals surface area contributed by atoms with Crippen molar-refractivity contribution in [3.63, 3.8) is 0 Å². The van der Waals surface area contributed by atoms with Crippen LogP contribution in [0.1, 0.15) is 5.56 Å². The Bertz CT molecular complexity index is 220. The molecule has 0 amide bonds. The maximum absolute atomic E-state index is 3.40. The first-order valence-electron chi connectivity index (χ1n) is 3.57. The van der Waals surface area contributed by atoms with Gasteiger partial charge in [0, 0.05) is 11.0 Å². The molecule has 68 valence electrons. The Balaban J connectivity index is 0.00000121. The molecule has 0 radical (unpaired) electrons. The van der Waals surface area contributed by atoms with Gasteiger partial charge in [-0.25, -0.2) is 0 Å². The van der Waals surface area contributed by atoms with Crippen molar-refractivity contribution in [2.45, 2.75) is 6.54 Å². The number of halogens is 2. The van der Waals surface area contributed by atoms with E-state index < -0.39 is 0 Å². The molecule has 0 saturated carbocycles. The molecule has 0 heterocycles. The van der Waals surface area contributed by atoms with E-state index in [4.69, 9.17) is 0 Å². The molecular formula is C9H13BrClN. The van der Waals surface area contributed by atoms with Gasteiger partial charge in [-0.3, -0.25) is 0 Å². The Morgan fingerprint density at radius 2 is 1.67 bits per heavy atom. The van der Waals surface area contributed by atoms with Gasteiger partial charge in [0.05, 0.1) is 0 Å². The molecule has 0 saturated heterocycles. The monoisotopic (exact) mass is 249 g/mol. The Kier molecular flexibility index (Phi) is 5.55. The molecule has 0 bridgehead atoms. The molecule has 0 aliphatic carbocycles. The maximum atomic E-state index is 3.40. The fourth-order valence-electron chi connectivity index (χ4n) is 0.955. The third-order valence-corrected chi connectivity index (χ3v) is 1.94. The SMILES string of the molecule is CN(C)Cc1ccc(Br)cc1.Cl. The van der Waals surface area contributed by atoms with Gasteiger partial charge in [0.2, 0.25) is 0 Å². The minimum atomic E-state index is 0. The van der Waals surface area contributed by atoms with Gasteiger partial charge in [-0.1, -0.05) is 28.1 Å². The predicted molar refractivity (Wildman–Crippen MR) is 58.8 cm³/mol. The average molecular weight is 251 g/mol. The quantitative estimate of drug-likeness (QED) is 0.780. The molecule has 0 atom stereocenters. The highest BCUT2D eigenvalue weighted by Crippen LogP contribution is 2.10. The summed E-state index contributed by atoms with van der Waals surface area (Å²) in [4.78, 5) is 2.16. The number of rotatable bonds is 2. The van der Waals surface area contributed by atoms with E-state index in [9.17, 15) is 0 Å². The van der Waals surface area contributed by atoms with E-state index in [2.05, 4.69) is 59.2 Å². The second kappa shape index (κ2) is 5.57. The lowest BCUT2D eigenvalue weighted by atomic mass is 10.2. The van der Waals surface area contributed by atoms with Gasteiger partial charge in [-0.2, -0.15) is 0 Å². The number of benzene rings is 1. The first-order valence-corrected chi connectivity index (χ1v) is 4.37. The van der Waals surface area contributed by atoms with Crippen LogP contribution >= 0.6 is 28.3 Å². The minimum Gasteiger partial charge on any atom is -0.305 e. The summed E-state index contributed by atoms with van der Waals surface area (Å²) >= 11 is 3.40. The van der Waals surface area contributed by atoms with Crippen LogP contribution in [-0.4, -0.2) is 19.0 Å². The molecule has 1 aromatic carbocycles. The highest BCUT2D eigenvalue weighted by Gasteiger charge is 1.93. The van der Waals surface area contributed by atoms with E-state index in [0.717, 1.165) is 11.0 Å².